The van der Waals surface area contributed by atoms with Crippen LogP contribution < -0.4 is 10.6 Å². The average molecular weight is 409 g/mol. The topological polar surface area (TPSA) is 106 Å². The van der Waals surface area contributed by atoms with Gasteiger partial charge in [-0.3, -0.25) is 14.6 Å². The summed E-state index contributed by atoms with van der Waals surface area (Å²) >= 11 is 0. The molecule has 28 heavy (non-hydrogen) atoms. The first-order valence-corrected chi connectivity index (χ1v) is 9.00. The van der Waals surface area contributed by atoms with Gasteiger partial charge in [0.15, 0.2) is 5.69 Å². The van der Waals surface area contributed by atoms with Gasteiger partial charge >= 0.3 is 0 Å². The molecule has 0 radical (unpaired) electrons. The van der Waals surface area contributed by atoms with Crippen molar-refractivity contribution >= 4 is 24.2 Å². The molecule has 0 spiro atoms. The van der Waals surface area contributed by atoms with E-state index >= 15 is 0 Å². The van der Waals surface area contributed by atoms with E-state index in [2.05, 4.69) is 20.8 Å². The van der Waals surface area contributed by atoms with E-state index in [9.17, 15) is 9.59 Å². The fraction of sp³-hybridized carbons (Fsp3) is 0.474. The fourth-order valence-corrected chi connectivity index (χ4v) is 3.37. The number of ether oxygens (including phenoxy) is 1. The van der Waals surface area contributed by atoms with Crippen molar-refractivity contribution < 1.29 is 18.8 Å². The average Bonchev–Trinajstić information content (AvgIpc) is 3.13. The van der Waals surface area contributed by atoms with E-state index in [-0.39, 0.29) is 48.0 Å². The molecule has 2 heterocycles. The van der Waals surface area contributed by atoms with Gasteiger partial charge in [0.25, 0.3) is 5.91 Å². The number of pyridine rings is 1. The molecule has 2 amide bonds. The molecule has 2 N–H and O–H groups in total. The van der Waals surface area contributed by atoms with Gasteiger partial charge in [-0.25, -0.2) is 0 Å². The molecule has 0 saturated heterocycles. The Hall–Kier alpha value is -2.45. The molecule has 1 saturated carbocycles. The molecule has 8 nitrogen and oxygen atoms in total. The normalized spacial score (nSPS) is 21.4. The second-order valence-electron chi connectivity index (χ2n) is 6.77. The highest BCUT2D eigenvalue weighted by Gasteiger charge is 2.35. The minimum absolute atomic E-state index is 0. The molecule has 0 unspecified atom stereocenters. The third kappa shape index (κ3) is 5.53. The molecule has 1 aliphatic carbocycles. The quantitative estimate of drug-likeness (QED) is 0.757. The van der Waals surface area contributed by atoms with Crippen LogP contribution in [0.3, 0.4) is 0 Å². The van der Waals surface area contributed by atoms with E-state index in [0.29, 0.717) is 31.6 Å². The van der Waals surface area contributed by atoms with Crippen molar-refractivity contribution in [2.24, 2.45) is 5.92 Å². The Morgan fingerprint density at radius 3 is 2.82 bits per heavy atom. The maximum absolute atomic E-state index is 12.6. The minimum atomic E-state index is -0.324. The van der Waals surface area contributed by atoms with E-state index in [1.165, 1.54) is 0 Å². The van der Waals surface area contributed by atoms with Gasteiger partial charge in [-0.2, -0.15) is 0 Å². The summed E-state index contributed by atoms with van der Waals surface area (Å²) in [6.07, 6.45) is 5.22. The Morgan fingerprint density at radius 1 is 1.36 bits per heavy atom. The van der Waals surface area contributed by atoms with Crippen molar-refractivity contribution in [3.8, 4) is 0 Å². The molecule has 0 aliphatic heterocycles. The van der Waals surface area contributed by atoms with Crippen molar-refractivity contribution in [3.63, 3.8) is 0 Å². The first-order chi connectivity index (χ1) is 13.1. The number of carbonyl (C=O) groups excluding carboxylic acids is 2. The van der Waals surface area contributed by atoms with Crippen molar-refractivity contribution in [2.75, 3.05) is 7.11 Å². The maximum Gasteiger partial charge on any atom is 0.273 e. The molecule has 3 rings (SSSR count). The van der Waals surface area contributed by atoms with Crippen LogP contribution in [0.4, 0.5) is 0 Å². The zero-order chi connectivity index (χ0) is 19.2. The van der Waals surface area contributed by atoms with Gasteiger partial charge in [0.05, 0.1) is 12.1 Å². The van der Waals surface area contributed by atoms with Crippen LogP contribution in [-0.4, -0.2) is 41.2 Å². The van der Waals surface area contributed by atoms with E-state index in [4.69, 9.17) is 9.26 Å². The van der Waals surface area contributed by atoms with Gasteiger partial charge in [0.2, 0.25) is 5.91 Å². The molecule has 1 aliphatic rings. The van der Waals surface area contributed by atoms with E-state index in [0.717, 1.165) is 5.56 Å². The smallest absolute Gasteiger partial charge is 0.273 e. The summed E-state index contributed by atoms with van der Waals surface area (Å²) in [5, 5.41) is 9.62. The lowest BCUT2D eigenvalue weighted by molar-refractivity contribution is -0.127. The van der Waals surface area contributed by atoms with E-state index in [1.807, 2.05) is 12.1 Å². The third-order valence-corrected chi connectivity index (χ3v) is 4.83. The maximum atomic E-state index is 12.6. The van der Waals surface area contributed by atoms with Gasteiger partial charge < -0.3 is 19.9 Å². The summed E-state index contributed by atoms with van der Waals surface area (Å²) in [4.78, 5) is 29.0. The van der Waals surface area contributed by atoms with Gasteiger partial charge in [-0.15, -0.1) is 12.4 Å². The molecule has 0 bridgehead atoms. The van der Waals surface area contributed by atoms with Gasteiger partial charge in [0.1, 0.15) is 5.76 Å². The lowest BCUT2D eigenvalue weighted by Gasteiger charge is -2.35. The third-order valence-electron chi connectivity index (χ3n) is 4.83. The predicted molar refractivity (Wildman–Crippen MR) is 104 cm³/mol. The molecule has 2 aromatic rings. The fourth-order valence-electron chi connectivity index (χ4n) is 3.37. The molecule has 9 heteroatoms. The van der Waals surface area contributed by atoms with Crippen LogP contribution in [0.1, 0.15) is 41.1 Å². The Kier molecular flexibility index (Phi) is 7.95. The highest BCUT2D eigenvalue weighted by molar-refractivity contribution is 5.92. The number of aryl methyl sites for hydroxylation is 1. The zero-order valence-electron chi connectivity index (χ0n) is 15.9. The standard InChI is InChI=1S/C19H24N4O4.ClH/c1-12-8-16(23-27-12)19(25)22-15-9-14(5-6-17(15)26-2)18(24)21-11-13-4-3-7-20-10-13;/h3-4,7-8,10,14-15,17H,5-6,9,11H2,1-2H3,(H,21,24)(H,22,25);1H/t14-,15+,17+;/m0./s1. The lowest BCUT2D eigenvalue weighted by Crippen LogP contribution is -2.50. The first-order valence-electron chi connectivity index (χ1n) is 9.00. The number of amides is 2. The van der Waals surface area contributed by atoms with Crippen LogP contribution in [0, 0.1) is 12.8 Å². The minimum Gasteiger partial charge on any atom is -0.379 e. The van der Waals surface area contributed by atoms with Crippen LogP contribution in [0.15, 0.2) is 35.1 Å². The Balaban J connectivity index is 0.00000280. The highest BCUT2D eigenvalue weighted by atomic mass is 35.5. The summed E-state index contributed by atoms with van der Waals surface area (Å²) in [5.74, 6) is 0.0393. The molecule has 1 fully saturated rings. The monoisotopic (exact) mass is 408 g/mol. The summed E-state index contributed by atoms with van der Waals surface area (Å²) in [5.41, 5.74) is 1.17. The Labute approximate surface area is 169 Å². The number of halogens is 1. The van der Waals surface area contributed by atoms with Gasteiger partial charge in [-0.1, -0.05) is 11.2 Å². The number of methoxy groups -OCH3 is 1. The molecule has 152 valence electrons. The first kappa shape index (κ1) is 21.8. The number of hydrogen-bond donors (Lipinski definition) is 2. The number of carbonyl (C=O) groups is 2. The molecule has 0 aromatic carbocycles. The van der Waals surface area contributed by atoms with Crippen LogP contribution in [0.2, 0.25) is 0 Å². The largest absolute Gasteiger partial charge is 0.379 e. The number of nitrogens with zero attached hydrogens (tertiary/aromatic N) is 2. The number of aromatic nitrogens is 2. The lowest BCUT2D eigenvalue weighted by atomic mass is 9.83. The summed E-state index contributed by atoms with van der Waals surface area (Å²) < 4.78 is 10.5. The summed E-state index contributed by atoms with van der Waals surface area (Å²) in [6.45, 7) is 2.16. The highest BCUT2D eigenvalue weighted by Crippen LogP contribution is 2.27. The summed E-state index contributed by atoms with van der Waals surface area (Å²) in [6, 6.07) is 5.07. The number of hydrogen-bond acceptors (Lipinski definition) is 6. The Bertz CT molecular complexity index is 783. The van der Waals surface area contributed by atoms with Crippen molar-refractivity contribution in [1.29, 1.82) is 0 Å². The van der Waals surface area contributed by atoms with Gasteiger partial charge in [0, 0.05) is 38.0 Å². The Morgan fingerprint density at radius 2 is 2.18 bits per heavy atom. The van der Waals surface area contributed by atoms with Gasteiger partial charge in [-0.05, 0) is 37.8 Å². The van der Waals surface area contributed by atoms with Crippen molar-refractivity contribution in [2.45, 2.75) is 44.9 Å². The van der Waals surface area contributed by atoms with E-state index < -0.39 is 0 Å². The summed E-state index contributed by atoms with van der Waals surface area (Å²) in [7, 11) is 1.62. The van der Waals surface area contributed by atoms with Crippen molar-refractivity contribution in [3.05, 3.63) is 47.6 Å². The van der Waals surface area contributed by atoms with Crippen LogP contribution in [-0.2, 0) is 16.1 Å². The molecular formula is C19H25ClN4O4. The second-order valence-corrected chi connectivity index (χ2v) is 6.77. The van der Waals surface area contributed by atoms with Crippen LogP contribution >= 0.6 is 12.4 Å². The second kappa shape index (κ2) is 10.2. The molecule has 3 atom stereocenters. The van der Waals surface area contributed by atoms with Crippen LogP contribution in [0.5, 0.6) is 0 Å². The van der Waals surface area contributed by atoms with Crippen LogP contribution in [0.25, 0.3) is 0 Å². The number of nitrogens with one attached hydrogen (secondary N) is 2. The van der Waals surface area contributed by atoms with E-state index in [1.54, 1.807) is 32.5 Å². The number of rotatable bonds is 6. The van der Waals surface area contributed by atoms with Crippen molar-refractivity contribution in [1.82, 2.24) is 20.8 Å². The SMILES string of the molecule is CO[C@@H]1CC[C@H](C(=O)NCc2cccnc2)C[C@H]1NC(=O)c1cc(C)on1.Cl. The molecule has 2 aromatic heterocycles. The predicted octanol–water partition coefficient (Wildman–Crippen LogP) is 2.03. The zero-order valence-corrected chi connectivity index (χ0v) is 16.7. The molecular weight excluding hydrogens is 384 g/mol.